The second kappa shape index (κ2) is 6.91. The summed E-state index contributed by atoms with van der Waals surface area (Å²) in [6.45, 7) is 0. The molecular formula is C18H13F3N2O3. The Kier molecular flexibility index (Phi) is 4.66. The number of fused-ring (bicyclic) bond motifs is 1. The molecule has 5 nitrogen and oxygen atoms in total. The molecule has 1 aromatic heterocycles. The number of anilines is 1. The summed E-state index contributed by atoms with van der Waals surface area (Å²) < 4.78 is 45.6. The van der Waals surface area contributed by atoms with Gasteiger partial charge in [-0.15, -0.1) is 13.2 Å². The third-order valence-electron chi connectivity index (χ3n) is 3.53. The lowest BCUT2D eigenvalue weighted by molar-refractivity contribution is -0.274. The fourth-order valence-corrected chi connectivity index (χ4v) is 2.47. The number of benzene rings is 2. The minimum Gasteiger partial charge on any atom is -0.496 e. The Bertz CT molecular complexity index is 935. The van der Waals surface area contributed by atoms with Gasteiger partial charge in [0.2, 0.25) is 0 Å². The lowest BCUT2D eigenvalue weighted by Crippen LogP contribution is -2.17. The fourth-order valence-electron chi connectivity index (χ4n) is 2.47. The Balaban J connectivity index is 1.86. The molecular weight excluding hydrogens is 349 g/mol. The first-order valence-electron chi connectivity index (χ1n) is 7.46. The van der Waals surface area contributed by atoms with Crippen molar-refractivity contribution in [1.82, 2.24) is 4.98 Å². The SMILES string of the molecule is COc1cccc2ccnc(C(=O)Nc3ccc(OC(F)(F)F)cc3)c12. The molecule has 0 aliphatic rings. The van der Waals surface area contributed by atoms with Crippen LogP contribution in [0.3, 0.4) is 0 Å². The van der Waals surface area contributed by atoms with Gasteiger partial charge in [0.25, 0.3) is 5.91 Å². The van der Waals surface area contributed by atoms with Gasteiger partial charge in [-0.3, -0.25) is 9.78 Å². The van der Waals surface area contributed by atoms with Gasteiger partial charge >= 0.3 is 6.36 Å². The molecule has 0 atom stereocenters. The molecule has 0 aliphatic carbocycles. The summed E-state index contributed by atoms with van der Waals surface area (Å²) in [5, 5.41) is 3.92. The number of aromatic nitrogens is 1. The number of ether oxygens (including phenoxy) is 2. The van der Waals surface area contributed by atoms with E-state index in [0.717, 1.165) is 17.5 Å². The molecule has 3 aromatic rings. The summed E-state index contributed by atoms with van der Waals surface area (Å²) in [6, 6.07) is 11.9. The van der Waals surface area contributed by atoms with Crippen LogP contribution in [0.5, 0.6) is 11.5 Å². The Morgan fingerprint density at radius 3 is 2.46 bits per heavy atom. The summed E-state index contributed by atoms with van der Waals surface area (Å²) in [7, 11) is 1.49. The van der Waals surface area contributed by atoms with Crippen LogP contribution in [0, 0.1) is 0 Å². The molecule has 26 heavy (non-hydrogen) atoms. The second-order valence-electron chi connectivity index (χ2n) is 5.24. The molecule has 0 fully saturated rings. The monoisotopic (exact) mass is 362 g/mol. The number of alkyl halides is 3. The molecule has 3 rings (SSSR count). The summed E-state index contributed by atoms with van der Waals surface area (Å²) in [4.78, 5) is 16.7. The van der Waals surface area contributed by atoms with Gasteiger partial charge in [0.05, 0.1) is 12.5 Å². The average molecular weight is 362 g/mol. The number of amides is 1. The fraction of sp³-hybridized carbons (Fsp3) is 0.111. The van der Waals surface area contributed by atoms with Crippen LogP contribution >= 0.6 is 0 Å². The van der Waals surface area contributed by atoms with Crippen LogP contribution in [0.25, 0.3) is 10.8 Å². The van der Waals surface area contributed by atoms with E-state index in [2.05, 4.69) is 15.0 Å². The Morgan fingerprint density at radius 1 is 1.08 bits per heavy atom. The van der Waals surface area contributed by atoms with E-state index >= 15 is 0 Å². The maximum Gasteiger partial charge on any atom is 0.573 e. The molecule has 0 bridgehead atoms. The van der Waals surface area contributed by atoms with E-state index in [9.17, 15) is 18.0 Å². The normalized spacial score (nSPS) is 11.2. The van der Waals surface area contributed by atoms with Gasteiger partial charge in [0.15, 0.2) is 0 Å². The molecule has 0 aliphatic heterocycles. The first kappa shape index (κ1) is 17.5. The van der Waals surface area contributed by atoms with Gasteiger partial charge in [-0.05, 0) is 41.8 Å². The van der Waals surface area contributed by atoms with Crippen LogP contribution in [-0.2, 0) is 0 Å². The van der Waals surface area contributed by atoms with Crippen molar-refractivity contribution in [2.75, 3.05) is 12.4 Å². The second-order valence-corrected chi connectivity index (χ2v) is 5.24. The number of carbonyl (C=O) groups is 1. The number of halogens is 3. The average Bonchev–Trinajstić information content (AvgIpc) is 2.61. The lowest BCUT2D eigenvalue weighted by atomic mass is 10.1. The number of methoxy groups -OCH3 is 1. The van der Waals surface area contributed by atoms with Gasteiger partial charge in [-0.2, -0.15) is 0 Å². The predicted molar refractivity (Wildman–Crippen MR) is 89.4 cm³/mol. The van der Waals surface area contributed by atoms with Crippen molar-refractivity contribution in [2.45, 2.75) is 6.36 Å². The maximum atomic E-state index is 12.6. The molecule has 1 heterocycles. The number of rotatable bonds is 4. The van der Waals surface area contributed by atoms with E-state index in [4.69, 9.17) is 4.74 Å². The van der Waals surface area contributed by atoms with Crippen LogP contribution in [0.4, 0.5) is 18.9 Å². The molecule has 0 unspecified atom stereocenters. The van der Waals surface area contributed by atoms with Crippen LogP contribution in [-0.4, -0.2) is 24.4 Å². The lowest BCUT2D eigenvalue weighted by Gasteiger charge is -2.11. The smallest absolute Gasteiger partial charge is 0.496 e. The Morgan fingerprint density at radius 2 is 1.81 bits per heavy atom. The van der Waals surface area contributed by atoms with Crippen LogP contribution in [0.15, 0.2) is 54.7 Å². The highest BCUT2D eigenvalue weighted by Gasteiger charge is 2.31. The molecule has 0 spiro atoms. The third-order valence-corrected chi connectivity index (χ3v) is 3.53. The van der Waals surface area contributed by atoms with Gasteiger partial charge in [0, 0.05) is 11.9 Å². The van der Waals surface area contributed by atoms with E-state index in [1.54, 1.807) is 18.2 Å². The van der Waals surface area contributed by atoms with Crippen molar-refractivity contribution in [1.29, 1.82) is 0 Å². The number of hydrogen-bond donors (Lipinski definition) is 1. The topological polar surface area (TPSA) is 60.5 Å². The first-order chi connectivity index (χ1) is 12.4. The zero-order valence-corrected chi connectivity index (χ0v) is 13.5. The molecule has 1 amide bonds. The Hall–Kier alpha value is -3.29. The quantitative estimate of drug-likeness (QED) is 0.748. The van der Waals surface area contributed by atoms with E-state index in [0.29, 0.717) is 16.8 Å². The molecule has 0 radical (unpaired) electrons. The van der Waals surface area contributed by atoms with Crippen molar-refractivity contribution in [3.8, 4) is 11.5 Å². The number of pyridine rings is 1. The summed E-state index contributed by atoms with van der Waals surface area (Å²) in [6.07, 6.45) is -3.27. The molecule has 0 saturated heterocycles. The molecule has 134 valence electrons. The number of carbonyl (C=O) groups excluding carboxylic acids is 1. The maximum absolute atomic E-state index is 12.6. The third kappa shape index (κ3) is 3.85. The summed E-state index contributed by atoms with van der Waals surface area (Å²) in [5.74, 6) is -0.389. The minimum absolute atomic E-state index is 0.149. The predicted octanol–water partition coefficient (Wildman–Crippen LogP) is 4.39. The van der Waals surface area contributed by atoms with Crippen molar-refractivity contribution in [3.05, 3.63) is 60.4 Å². The van der Waals surface area contributed by atoms with E-state index in [1.165, 1.54) is 25.4 Å². The van der Waals surface area contributed by atoms with Gasteiger partial charge in [0.1, 0.15) is 17.2 Å². The van der Waals surface area contributed by atoms with Crippen LogP contribution < -0.4 is 14.8 Å². The van der Waals surface area contributed by atoms with Crippen molar-refractivity contribution in [2.24, 2.45) is 0 Å². The molecule has 8 heteroatoms. The van der Waals surface area contributed by atoms with E-state index < -0.39 is 12.3 Å². The standard InChI is InChI=1S/C18H13F3N2O3/c1-25-14-4-2-3-11-9-10-22-16(15(11)14)17(24)23-12-5-7-13(8-6-12)26-18(19,20)21/h2-10H,1H3,(H,23,24). The van der Waals surface area contributed by atoms with Crippen molar-refractivity contribution >= 4 is 22.4 Å². The molecule has 0 saturated carbocycles. The van der Waals surface area contributed by atoms with Crippen molar-refractivity contribution < 1.29 is 27.4 Å². The highest BCUT2D eigenvalue weighted by atomic mass is 19.4. The highest BCUT2D eigenvalue weighted by molar-refractivity contribution is 6.12. The number of hydrogen-bond acceptors (Lipinski definition) is 4. The van der Waals surface area contributed by atoms with Gasteiger partial charge in [-0.1, -0.05) is 12.1 Å². The van der Waals surface area contributed by atoms with Crippen molar-refractivity contribution in [3.63, 3.8) is 0 Å². The van der Waals surface area contributed by atoms with E-state index in [1.807, 2.05) is 6.07 Å². The first-order valence-corrected chi connectivity index (χ1v) is 7.46. The zero-order valence-electron chi connectivity index (χ0n) is 13.5. The van der Waals surface area contributed by atoms with Gasteiger partial charge in [-0.25, -0.2) is 0 Å². The highest BCUT2D eigenvalue weighted by Crippen LogP contribution is 2.28. The molecule has 2 aromatic carbocycles. The summed E-state index contributed by atoms with van der Waals surface area (Å²) in [5.41, 5.74) is 0.453. The largest absolute Gasteiger partial charge is 0.573 e. The molecule has 1 N–H and O–H groups in total. The Labute approximate surface area is 146 Å². The minimum atomic E-state index is -4.77. The number of nitrogens with one attached hydrogen (secondary N) is 1. The zero-order chi connectivity index (χ0) is 18.7. The summed E-state index contributed by atoms with van der Waals surface area (Å²) >= 11 is 0. The van der Waals surface area contributed by atoms with Gasteiger partial charge < -0.3 is 14.8 Å². The van der Waals surface area contributed by atoms with Crippen LogP contribution in [0.1, 0.15) is 10.5 Å². The van der Waals surface area contributed by atoms with Crippen LogP contribution in [0.2, 0.25) is 0 Å². The number of nitrogens with zero attached hydrogens (tertiary/aromatic N) is 1. The van der Waals surface area contributed by atoms with E-state index in [-0.39, 0.29) is 11.4 Å².